The molecule has 1 aromatic carbocycles. The maximum atomic E-state index is 12.8. The van der Waals surface area contributed by atoms with Crippen LogP contribution >= 0.6 is 0 Å². The molecule has 6 nitrogen and oxygen atoms in total. The van der Waals surface area contributed by atoms with E-state index in [0.29, 0.717) is 19.3 Å². The van der Waals surface area contributed by atoms with E-state index in [1.807, 2.05) is 44.2 Å². The third-order valence-electron chi connectivity index (χ3n) is 6.16. The van der Waals surface area contributed by atoms with Crippen LogP contribution in [-0.4, -0.2) is 36.5 Å². The number of cyclic esters (lactones) is 1. The molecule has 2 N–H and O–H groups in total. The molecule has 2 rings (SSSR count). The first-order valence-electron chi connectivity index (χ1n) is 12.7. The van der Waals surface area contributed by atoms with Gasteiger partial charge in [0.25, 0.3) is 0 Å². The van der Waals surface area contributed by atoms with E-state index < -0.39 is 12.0 Å². The summed E-state index contributed by atoms with van der Waals surface area (Å²) in [6.45, 7) is 3.88. The third kappa shape index (κ3) is 11.4. The molecule has 0 aliphatic carbocycles. The van der Waals surface area contributed by atoms with Gasteiger partial charge in [0.15, 0.2) is 0 Å². The zero-order valence-electron chi connectivity index (χ0n) is 20.4. The summed E-state index contributed by atoms with van der Waals surface area (Å²) in [4.78, 5) is 37.7. The SMILES string of the molecule is CC(C)[C@H]1NC(=O)CCCCCCCCCCCC(=O)N[C@@H](Cc2ccccc2)COC1=O. The van der Waals surface area contributed by atoms with E-state index in [1.165, 1.54) is 19.3 Å². The summed E-state index contributed by atoms with van der Waals surface area (Å²) in [5, 5.41) is 5.92. The molecule has 0 unspecified atom stereocenters. The Balaban J connectivity index is 2.04. The monoisotopic (exact) mass is 458 g/mol. The highest BCUT2D eigenvalue weighted by Crippen LogP contribution is 2.13. The Kier molecular flexibility index (Phi) is 12.6. The molecule has 2 amide bonds. The molecule has 1 heterocycles. The fourth-order valence-corrected chi connectivity index (χ4v) is 4.17. The lowest BCUT2D eigenvalue weighted by atomic mass is 10.0. The summed E-state index contributed by atoms with van der Waals surface area (Å²) in [7, 11) is 0. The molecule has 0 aromatic heterocycles. The predicted octanol–water partition coefficient (Wildman–Crippen LogP) is 4.70. The van der Waals surface area contributed by atoms with Gasteiger partial charge in [-0.1, -0.05) is 89.1 Å². The van der Waals surface area contributed by atoms with Gasteiger partial charge >= 0.3 is 5.97 Å². The average Bonchev–Trinajstić information content (AvgIpc) is 2.79. The van der Waals surface area contributed by atoms with E-state index in [-0.39, 0.29) is 30.4 Å². The van der Waals surface area contributed by atoms with Crippen LogP contribution in [0.1, 0.15) is 90.0 Å². The molecule has 1 saturated heterocycles. The molecule has 0 spiro atoms. The molecule has 0 bridgehead atoms. The summed E-state index contributed by atoms with van der Waals surface area (Å²) in [5.41, 5.74) is 1.07. The Morgan fingerprint density at radius 3 is 1.85 bits per heavy atom. The Labute approximate surface area is 199 Å². The normalized spacial score (nSPS) is 23.3. The summed E-state index contributed by atoms with van der Waals surface area (Å²) in [6, 6.07) is 8.88. The second-order valence-electron chi connectivity index (χ2n) is 9.56. The minimum Gasteiger partial charge on any atom is -0.462 e. The summed E-state index contributed by atoms with van der Waals surface area (Å²) in [6.07, 6.45) is 11.2. The van der Waals surface area contributed by atoms with Crippen LogP contribution in [0.5, 0.6) is 0 Å². The van der Waals surface area contributed by atoms with E-state index in [1.54, 1.807) is 0 Å². The van der Waals surface area contributed by atoms with Crippen molar-refractivity contribution in [1.29, 1.82) is 0 Å². The van der Waals surface area contributed by atoms with Crippen LogP contribution in [0.2, 0.25) is 0 Å². The van der Waals surface area contributed by atoms with Crippen LogP contribution in [0.25, 0.3) is 0 Å². The molecule has 1 aliphatic heterocycles. The number of carbonyl (C=O) groups excluding carboxylic acids is 3. The molecular weight excluding hydrogens is 416 g/mol. The predicted molar refractivity (Wildman–Crippen MR) is 131 cm³/mol. The first-order valence-corrected chi connectivity index (χ1v) is 12.7. The molecule has 1 aromatic rings. The van der Waals surface area contributed by atoms with Gasteiger partial charge in [0.1, 0.15) is 12.6 Å². The van der Waals surface area contributed by atoms with E-state index in [0.717, 1.165) is 44.1 Å². The van der Waals surface area contributed by atoms with Crippen molar-refractivity contribution < 1.29 is 19.1 Å². The second kappa shape index (κ2) is 15.5. The van der Waals surface area contributed by atoms with E-state index >= 15 is 0 Å². The first kappa shape index (κ1) is 26.9. The number of rotatable bonds is 3. The van der Waals surface area contributed by atoms with Gasteiger partial charge < -0.3 is 15.4 Å². The largest absolute Gasteiger partial charge is 0.462 e. The first-order chi connectivity index (χ1) is 16.0. The van der Waals surface area contributed by atoms with Gasteiger partial charge in [-0.25, -0.2) is 4.79 Å². The highest BCUT2D eigenvalue weighted by molar-refractivity contribution is 5.84. The van der Waals surface area contributed by atoms with Crippen LogP contribution in [0.4, 0.5) is 0 Å². The summed E-state index contributed by atoms with van der Waals surface area (Å²) < 4.78 is 5.61. The highest BCUT2D eigenvalue weighted by atomic mass is 16.5. The Morgan fingerprint density at radius 1 is 0.788 bits per heavy atom. The van der Waals surface area contributed by atoms with Gasteiger partial charge in [-0.05, 0) is 30.7 Å². The van der Waals surface area contributed by atoms with Crippen LogP contribution in [0.15, 0.2) is 30.3 Å². The number of ether oxygens (including phenoxy) is 1. The van der Waals surface area contributed by atoms with Crippen molar-refractivity contribution >= 4 is 17.8 Å². The minimum absolute atomic E-state index is 0.00454. The van der Waals surface area contributed by atoms with E-state index in [2.05, 4.69) is 10.6 Å². The quantitative estimate of drug-likeness (QED) is 0.643. The Hall–Kier alpha value is -2.37. The molecule has 2 atom stereocenters. The van der Waals surface area contributed by atoms with Crippen molar-refractivity contribution in [3.8, 4) is 0 Å². The summed E-state index contributed by atoms with van der Waals surface area (Å²) in [5.74, 6) is -0.633. The zero-order valence-corrected chi connectivity index (χ0v) is 20.4. The van der Waals surface area contributed by atoms with Crippen molar-refractivity contribution in [2.24, 2.45) is 5.92 Å². The van der Waals surface area contributed by atoms with E-state index in [9.17, 15) is 14.4 Å². The Bertz CT molecular complexity index is 720. The number of benzene rings is 1. The van der Waals surface area contributed by atoms with Crippen LogP contribution in [-0.2, 0) is 25.5 Å². The third-order valence-corrected chi connectivity index (χ3v) is 6.16. The molecule has 6 heteroatoms. The molecule has 1 fully saturated rings. The van der Waals surface area contributed by atoms with Crippen LogP contribution < -0.4 is 10.6 Å². The van der Waals surface area contributed by atoms with Crippen LogP contribution in [0, 0.1) is 5.92 Å². The smallest absolute Gasteiger partial charge is 0.328 e. The standard InChI is InChI=1S/C27H42N2O4/c1-21(2)26-27(32)33-20-23(19-22-15-11-10-12-16-22)28-24(30)17-13-8-6-4-3-5-7-9-14-18-25(31)29-26/h10-12,15-16,21,23,26H,3-9,13-14,17-20H2,1-2H3,(H,28,30)(H,29,31)/t23-,26+/m0/s1. The van der Waals surface area contributed by atoms with Gasteiger partial charge in [-0.15, -0.1) is 0 Å². The van der Waals surface area contributed by atoms with Gasteiger partial charge in [-0.2, -0.15) is 0 Å². The number of amides is 2. The van der Waals surface area contributed by atoms with Gasteiger partial charge in [0.2, 0.25) is 11.8 Å². The fourth-order valence-electron chi connectivity index (χ4n) is 4.17. The van der Waals surface area contributed by atoms with Crippen molar-refractivity contribution in [2.45, 2.75) is 103 Å². The summed E-state index contributed by atoms with van der Waals surface area (Å²) >= 11 is 0. The van der Waals surface area contributed by atoms with Crippen molar-refractivity contribution in [1.82, 2.24) is 10.6 Å². The van der Waals surface area contributed by atoms with Crippen molar-refractivity contribution in [2.75, 3.05) is 6.61 Å². The maximum absolute atomic E-state index is 12.8. The highest BCUT2D eigenvalue weighted by Gasteiger charge is 2.26. The molecule has 33 heavy (non-hydrogen) atoms. The molecule has 0 saturated carbocycles. The molecular formula is C27H42N2O4. The second-order valence-corrected chi connectivity index (χ2v) is 9.56. The topological polar surface area (TPSA) is 84.5 Å². The lowest BCUT2D eigenvalue weighted by Crippen LogP contribution is -2.47. The zero-order chi connectivity index (χ0) is 23.9. The average molecular weight is 459 g/mol. The number of esters is 1. The van der Waals surface area contributed by atoms with Crippen molar-refractivity contribution in [3.63, 3.8) is 0 Å². The van der Waals surface area contributed by atoms with Gasteiger partial charge in [0, 0.05) is 12.8 Å². The molecule has 0 radical (unpaired) electrons. The lowest BCUT2D eigenvalue weighted by Gasteiger charge is -2.24. The van der Waals surface area contributed by atoms with Gasteiger partial charge in [-0.3, -0.25) is 9.59 Å². The number of hydrogen-bond donors (Lipinski definition) is 2. The number of hydrogen-bond acceptors (Lipinski definition) is 4. The maximum Gasteiger partial charge on any atom is 0.328 e. The van der Waals surface area contributed by atoms with Crippen molar-refractivity contribution in [3.05, 3.63) is 35.9 Å². The number of carbonyl (C=O) groups is 3. The molecule has 1 aliphatic rings. The van der Waals surface area contributed by atoms with E-state index in [4.69, 9.17) is 4.74 Å². The number of nitrogens with one attached hydrogen (secondary N) is 2. The Morgan fingerprint density at radius 2 is 1.30 bits per heavy atom. The fraction of sp³-hybridized carbons (Fsp3) is 0.667. The minimum atomic E-state index is -0.684. The van der Waals surface area contributed by atoms with Crippen LogP contribution in [0.3, 0.4) is 0 Å². The lowest BCUT2D eigenvalue weighted by molar-refractivity contribution is -0.150. The molecule has 184 valence electrons. The van der Waals surface area contributed by atoms with Gasteiger partial charge in [0.05, 0.1) is 6.04 Å².